The Kier molecular flexibility index (Phi) is 6.40. The number of esters is 1. The van der Waals surface area contributed by atoms with Crippen molar-refractivity contribution in [2.45, 2.75) is 44.1 Å². The van der Waals surface area contributed by atoms with E-state index in [1.807, 2.05) is 0 Å². The summed E-state index contributed by atoms with van der Waals surface area (Å²) in [6.45, 7) is 4.47. The van der Waals surface area contributed by atoms with Crippen molar-refractivity contribution in [3.63, 3.8) is 0 Å². The molecule has 1 saturated carbocycles. The summed E-state index contributed by atoms with van der Waals surface area (Å²) in [5.41, 5.74) is -0.657. The molecule has 0 radical (unpaired) electrons. The van der Waals surface area contributed by atoms with Gasteiger partial charge in [-0.2, -0.15) is 0 Å². The third-order valence-corrected chi connectivity index (χ3v) is 5.89. The first-order valence-electron chi connectivity index (χ1n) is 9.58. The third-order valence-electron chi connectivity index (χ3n) is 5.66. The smallest absolute Gasteiger partial charge is 0.389 e. The molecule has 1 aromatic rings. The number of carbonyl (C=O) groups is 2. The van der Waals surface area contributed by atoms with Gasteiger partial charge in [0, 0.05) is 31.2 Å². The number of hydrogen-bond donors (Lipinski definition) is 2. The van der Waals surface area contributed by atoms with E-state index in [9.17, 15) is 14.7 Å². The minimum Gasteiger partial charge on any atom is -0.389 e. The summed E-state index contributed by atoms with van der Waals surface area (Å²) in [5.74, 6) is -1.14. The molecule has 2 fully saturated rings. The van der Waals surface area contributed by atoms with Gasteiger partial charge in [0.25, 0.3) is 0 Å². The number of halogens is 1. The molecule has 27 heavy (non-hydrogen) atoms. The summed E-state index contributed by atoms with van der Waals surface area (Å²) in [4.78, 5) is 26.9. The molecule has 2 N–H and O–H groups in total. The molecule has 1 aliphatic carbocycles. The van der Waals surface area contributed by atoms with E-state index in [2.05, 4.69) is 12.2 Å². The first kappa shape index (κ1) is 20.1. The van der Waals surface area contributed by atoms with Crippen LogP contribution in [-0.2, 0) is 9.53 Å². The fourth-order valence-electron chi connectivity index (χ4n) is 3.96. The van der Waals surface area contributed by atoms with Gasteiger partial charge in [0.2, 0.25) is 0 Å². The lowest BCUT2D eigenvalue weighted by atomic mass is 9.70. The van der Waals surface area contributed by atoms with Crippen LogP contribution in [0, 0.1) is 5.92 Å². The maximum atomic E-state index is 13.0. The Balaban J connectivity index is 1.82. The lowest BCUT2D eigenvalue weighted by molar-refractivity contribution is -0.149. The molecule has 1 amide bonds. The molecule has 0 aromatic heterocycles. The predicted octanol–water partition coefficient (Wildman–Crippen LogP) is 2.93. The molecule has 7 heteroatoms. The van der Waals surface area contributed by atoms with Crippen molar-refractivity contribution in [1.29, 1.82) is 0 Å². The number of hydrogen-bond acceptors (Lipinski definition) is 5. The number of benzene rings is 1. The molecule has 1 heterocycles. The Morgan fingerprint density at radius 3 is 2.59 bits per heavy atom. The molecule has 1 aromatic carbocycles. The van der Waals surface area contributed by atoms with Gasteiger partial charge in [-0.3, -0.25) is 4.79 Å². The SMILES string of the molecule is CC1CCC(O)(C(C(=O)OC(=O)N2CCNCC2)c2cccc(Cl)c2)CC1. The summed E-state index contributed by atoms with van der Waals surface area (Å²) < 4.78 is 5.21. The zero-order valence-electron chi connectivity index (χ0n) is 15.6. The zero-order chi connectivity index (χ0) is 19.4. The van der Waals surface area contributed by atoms with Gasteiger partial charge in [-0.1, -0.05) is 30.7 Å². The molecule has 0 bridgehead atoms. The van der Waals surface area contributed by atoms with Crippen LogP contribution in [0.2, 0.25) is 5.02 Å². The van der Waals surface area contributed by atoms with Gasteiger partial charge in [0.15, 0.2) is 0 Å². The zero-order valence-corrected chi connectivity index (χ0v) is 16.4. The van der Waals surface area contributed by atoms with Crippen LogP contribution in [0.25, 0.3) is 0 Å². The number of amides is 1. The lowest BCUT2D eigenvalue weighted by Crippen LogP contribution is -2.49. The van der Waals surface area contributed by atoms with Crippen molar-refractivity contribution in [3.05, 3.63) is 34.9 Å². The Hall–Kier alpha value is -1.63. The van der Waals surface area contributed by atoms with Gasteiger partial charge < -0.3 is 20.1 Å². The molecule has 6 nitrogen and oxygen atoms in total. The quantitative estimate of drug-likeness (QED) is 0.608. The molecule has 1 saturated heterocycles. The van der Waals surface area contributed by atoms with Crippen LogP contribution >= 0.6 is 11.6 Å². The van der Waals surface area contributed by atoms with Crippen LogP contribution in [0.15, 0.2) is 24.3 Å². The summed E-state index contributed by atoms with van der Waals surface area (Å²) in [7, 11) is 0. The van der Waals surface area contributed by atoms with Gasteiger partial charge in [-0.25, -0.2) is 4.79 Å². The second-order valence-corrected chi connectivity index (χ2v) is 8.13. The molecule has 0 spiro atoms. The van der Waals surface area contributed by atoms with Crippen LogP contribution in [0.1, 0.15) is 44.1 Å². The summed E-state index contributed by atoms with van der Waals surface area (Å²) >= 11 is 6.11. The minimum absolute atomic E-state index is 0.478. The molecular formula is C20H27ClN2O4. The van der Waals surface area contributed by atoms with Gasteiger partial charge in [0.1, 0.15) is 5.92 Å². The Bertz CT molecular complexity index is 682. The minimum atomic E-state index is -1.24. The highest BCUT2D eigenvalue weighted by Gasteiger charge is 2.46. The molecule has 1 atom stereocenters. The maximum Gasteiger partial charge on any atom is 0.417 e. The molecule has 2 aliphatic rings. The highest BCUT2D eigenvalue weighted by molar-refractivity contribution is 6.30. The van der Waals surface area contributed by atoms with Crippen LogP contribution < -0.4 is 5.32 Å². The number of rotatable bonds is 3. The van der Waals surface area contributed by atoms with E-state index >= 15 is 0 Å². The fraction of sp³-hybridized carbons (Fsp3) is 0.600. The molecular weight excluding hydrogens is 368 g/mol. The van der Waals surface area contributed by atoms with Gasteiger partial charge >= 0.3 is 12.1 Å². The van der Waals surface area contributed by atoms with Crippen molar-refractivity contribution in [3.8, 4) is 0 Å². The van der Waals surface area contributed by atoms with Crippen molar-refractivity contribution in [1.82, 2.24) is 10.2 Å². The molecule has 1 unspecified atom stereocenters. The van der Waals surface area contributed by atoms with E-state index in [0.717, 1.165) is 12.8 Å². The highest BCUT2D eigenvalue weighted by atomic mass is 35.5. The average Bonchev–Trinajstić information content (AvgIpc) is 2.65. The number of carbonyl (C=O) groups excluding carboxylic acids is 2. The highest BCUT2D eigenvalue weighted by Crippen LogP contribution is 2.42. The summed E-state index contributed by atoms with van der Waals surface area (Å²) in [5, 5.41) is 14.9. The Morgan fingerprint density at radius 2 is 1.96 bits per heavy atom. The van der Waals surface area contributed by atoms with Gasteiger partial charge in [0.05, 0.1) is 5.60 Å². The number of ether oxygens (including phenoxy) is 1. The maximum absolute atomic E-state index is 13.0. The van der Waals surface area contributed by atoms with E-state index in [1.54, 1.807) is 24.3 Å². The van der Waals surface area contributed by atoms with Crippen LogP contribution in [-0.4, -0.2) is 53.8 Å². The Labute approximate surface area is 164 Å². The Morgan fingerprint density at radius 1 is 1.30 bits per heavy atom. The summed E-state index contributed by atoms with van der Waals surface area (Å²) in [6, 6.07) is 6.87. The topological polar surface area (TPSA) is 78.9 Å². The van der Waals surface area contributed by atoms with Gasteiger partial charge in [-0.15, -0.1) is 0 Å². The molecule has 148 valence electrons. The van der Waals surface area contributed by atoms with E-state index in [-0.39, 0.29) is 0 Å². The standard InChI is InChI=1S/C20H27ClN2O4/c1-14-5-7-20(26,8-6-14)17(15-3-2-4-16(21)13-15)18(24)27-19(25)23-11-9-22-10-12-23/h2-4,13-14,17,22,26H,5-12H2,1H3. The van der Waals surface area contributed by atoms with Crippen molar-refractivity contribution in [2.24, 2.45) is 5.92 Å². The molecule has 3 rings (SSSR count). The van der Waals surface area contributed by atoms with Crippen LogP contribution in [0.3, 0.4) is 0 Å². The third kappa shape index (κ3) is 4.81. The van der Waals surface area contributed by atoms with Crippen molar-refractivity contribution >= 4 is 23.7 Å². The number of nitrogens with zero attached hydrogens (tertiary/aromatic N) is 1. The van der Waals surface area contributed by atoms with Gasteiger partial charge in [-0.05, 0) is 49.3 Å². The van der Waals surface area contributed by atoms with Crippen LogP contribution in [0.4, 0.5) is 4.79 Å². The van der Waals surface area contributed by atoms with E-state index < -0.39 is 23.6 Å². The second-order valence-electron chi connectivity index (χ2n) is 7.70. The number of nitrogens with one attached hydrogen (secondary N) is 1. The monoisotopic (exact) mass is 394 g/mol. The largest absolute Gasteiger partial charge is 0.417 e. The first-order valence-corrected chi connectivity index (χ1v) is 9.96. The normalized spacial score (nSPS) is 27.1. The molecule has 1 aliphatic heterocycles. The van der Waals surface area contributed by atoms with E-state index in [0.29, 0.717) is 55.5 Å². The second kappa shape index (κ2) is 8.59. The summed E-state index contributed by atoms with van der Waals surface area (Å²) in [6.07, 6.45) is 1.98. The fourth-order valence-corrected chi connectivity index (χ4v) is 4.16. The van der Waals surface area contributed by atoms with Crippen molar-refractivity contribution < 1.29 is 19.4 Å². The predicted molar refractivity (Wildman–Crippen MR) is 103 cm³/mol. The van der Waals surface area contributed by atoms with Crippen LogP contribution in [0.5, 0.6) is 0 Å². The number of piperazine rings is 1. The number of aliphatic hydroxyl groups is 1. The first-order chi connectivity index (χ1) is 12.9. The average molecular weight is 395 g/mol. The van der Waals surface area contributed by atoms with E-state index in [1.165, 1.54) is 4.90 Å². The van der Waals surface area contributed by atoms with E-state index in [4.69, 9.17) is 16.3 Å². The van der Waals surface area contributed by atoms with Crippen molar-refractivity contribution in [2.75, 3.05) is 26.2 Å². The lowest BCUT2D eigenvalue weighted by Gasteiger charge is -2.40.